The van der Waals surface area contributed by atoms with Gasteiger partial charge in [0.2, 0.25) is 0 Å². The molecule has 0 heterocycles. The summed E-state index contributed by atoms with van der Waals surface area (Å²) in [5, 5.41) is 0. The van der Waals surface area contributed by atoms with Gasteiger partial charge in [-0.15, -0.1) is 0 Å². The Morgan fingerprint density at radius 2 is 0.935 bits per heavy atom. The highest BCUT2D eigenvalue weighted by Crippen LogP contribution is 2.46. The molecule has 0 saturated heterocycles. The van der Waals surface area contributed by atoms with Crippen molar-refractivity contribution in [2.45, 2.75) is 176 Å². The van der Waals surface area contributed by atoms with Crippen LogP contribution in [0.15, 0.2) is 0 Å². The predicted molar refractivity (Wildman–Crippen MR) is 145 cm³/mol. The van der Waals surface area contributed by atoms with E-state index >= 15 is 0 Å². The van der Waals surface area contributed by atoms with Crippen LogP contribution in [0.25, 0.3) is 0 Å². The molecule has 0 N–H and O–H groups in total. The van der Waals surface area contributed by atoms with E-state index in [2.05, 4.69) is 41.5 Å². The molecule has 0 amide bonds. The summed E-state index contributed by atoms with van der Waals surface area (Å²) < 4.78 is 0. The van der Waals surface area contributed by atoms with Crippen molar-refractivity contribution in [3.05, 3.63) is 6.92 Å². The van der Waals surface area contributed by atoms with Gasteiger partial charge in [0.25, 0.3) is 0 Å². The molecule has 2 unspecified atom stereocenters. The van der Waals surface area contributed by atoms with E-state index in [0.29, 0.717) is 5.41 Å². The van der Waals surface area contributed by atoms with Crippen molar-refractivity contribution in [3.63, 3.8) is 0 Å². The highest BCUT2D eigenvalue weighted by Gasteiger charge is 2.33. The fraction of sp³-hybridized carbons (Fsp3) is 0.968. The summed E-state index contributed by atoms with van der Waals surface area (Å²) in [6.45, 7) is 16.3. The van der Waals surface area contributed by atoms with Crippen molar-refractivity contribution in [3.8, 4) is 0 Å². The van der Waals surface area contributed by atoms with Crippen molar-refractivity contribution in [1.82, 2.24) is 0 Å². The second-order valence-corrected chi connectivity index (χ2v) is 10.9. The summed E-state index contributed by atoms with van der Waals surface area (Å²) >= 11 is 0. The van der Waals surface area contributed by atoms with Crippen molar-refractivity contribution in [2.24, 2.45) is 17.3 Å². The van der Waals surface area contributed by atoms with Gasteiger partial charge in [-0.3, -0.25) is 0 Å². The molecule has 0 aromatic rings. The zero-order valence-electron chi connectivity index (χ0n) is 22.9. The number of unbranched alkanes of at least 4 members (excludes halogenated alkanes) is 10. The Morgan fingerprint density at radius 3 is 1.32 bits per heavy atom. The Balaban J connectivity index is 4.89. The first kappa shape index (κ1) is 31.0. The summed E-state index contributed by atoms with van der Waals surface area (Å²) in [5.74, 6) is 1.88. The molecule has 0 aromatic heterocycles. The topological polar surface area (TPSA) is 0 Å². The van der Waals surface area contributed by atoms with Crippen molar-refractivity contribution < 1.29 is 0 Å². The van der Waals surface area contributed by atoms with Gasteiger partial charge in [0.15, 0.2) is 0 Å². The van der Waals surface area contributed by atoms with Gasteiger partial charge < -0.3 is 0 Å². The maximum Gasteiger partial charge on any atom is -0.0292 e. The summed E-state index contributed by atoms with van der Waals surface area (Å²) in [7, 11) is 0. The van der Waals surface area contributed by atoms with Crippen LogP contribution in [0.4, 0.5) is 0 Å². The molecule has 1 radical (unpaired) electrons. The van der Waals surface area contributed by atoms with Gasteiger partial charge in [-0.25, -0.2) is 0 Å². The van der Waals surface area contributed by atoms with Gasteiger partial charge in [-0.05, 0) is 42.9 Å². The van der Waals surface area contributed by atoms with E-state index in [1.54, 1.807) is 0 Å². The van der Waals surface area contributed by atoms with Gasteiger partial charge in [0.05, 0.1) is 0 Å². The minimum atomic E-state index is 0.575. The fourth-order valence-electron chi connectivity index (χ4n) is 5.91. The van der Waals surface area contributed by atoms with E-state index in [0.717, 1.165) is 18.3 Å². The predicted octanol–water partition coefficient (Wildman–Crippen LogP) is 11.7. The van der Waals surface area contributed by atoms with E-state index in [-0.39, 0.29) is 0 Å². The van der Waals surface area contributed by atoms with Crippen molar-refractivity contribution >= 4 is 0 Å². The molecule has 0 nitrogen and oxygen atoms in total. The molecular formula is C31H63. The Morgan fingerprint density at radius 1 is 0.516 bits per heavy atom. The molecule has 2 atom stereocenters. The lowest BCUT2D eigenvalue weighted by Crippen LogP contribution is -2.28. The second kappa shape index (κ2) is 21.8. The number of rotatable bonds is 24. The van der Waals surface area contributed by atoms with Crippen molar-refractivity contribution in [1.29, 1.82) is 0 Å². The maximum atomic E-state index is 4.35. The third-order valence-corrected chi connectivity index (χ3v) is 8.05. The zero-order valence-corrected chi connectivity index (χ0v) is 22.9. The molecule has 0 fully saturated rings. The molecule has 0 aromatic carbocycles. The summed E-state index contributed by atoms with van der Waals surface area (Å²) in [6.07, 6.45) is 31.2. The van der Waals surface area contributed by atoms with E-state index in [9.17, 15) is 0 Å². The average molecular weight is 436 g/mol. The standard InChI is InChI=1S/C31H63/c1-7-13-16-17-18-19-20-21-22-26-31(25-10-4,27-29(11-5)23-14-8-2)28-30(12-6)24-15-9-3/h29-30H,4,7-28H2,1-3,5-6H3. The Kier molecular flexibility index (Phi) is 21.8. The van der Waals surface area contributed by atoms with Crippen LogP contribution in [-0.4, -0.2) is 0 Å². The van der Waals surface area contributed by atoms with Crippen LogP contribution in [0.1, 0.15) is 176 Å². The molecule has 0 spiro atoms. The Bertz CT molecular complexity index is 326. The maximum absolute atomic E-state index is 4.35. The van der Waals surface area contributed by atoms with Crippen molar-refractivity contribution in [2.75, 3.05) is 0 Å². The third-order valence-electron chi connectivity index (χ3n) is 8.05. The quantitative estimate of drug-likeness (QED) is 0.132. The summed E-state index contributed by atoms with van der Waals surface area (Å²) in [6, 6.07) is 0. The third kappa shape index (κ3) is 16.3. The fourth-order valence-corrected chi connectivity index (χ4v) is 5.91. The summed E-state index contributed by atoms with van der Waals surface area (Å²) in [5.41, 5.74) is 0.575. The highest BCUT2D eigenvalue weighted by molar-refractivity contribution is 4.85. The van der Waals surface area contributed by atoms with Crippen LogP contribution in [0, 0.1) is 24.2 Å². The van der Waals surface area contributed by atoms with Crippen LogP contribution in [0.2, 0.25) is 0 Å². The highest BCUT2D eigenvalue weighted by atomic mass is 14.4. The average Bonchev–Trinajstić information content (AvgIpc) is 2.78. The second-order valence-electron chi connectivity index (χ2n) is 10.9. The molecule has 0 rings (SSSR count). The lowest BCUT2D eigenvalue weighted by molar-refractivity contribution is 0.117. The molecule has 0 aliphatic rings. The van der Waals surface area contributed by atoms with Crippen LogP contribution < -0.4 is 0 Å². The molecule has 31 heavy (non-hydrogen) atoms. The smallest absolute Gasteiger partial charge is 0.0292 e. The Hall–Kier alpha value is 0. The minimum Gasteiger partial charge on any atom is -0.0654 e. The van der Waals surface area contributed by atoms with Gasteiger partial charge in [0, 0.05) is 0 Å². The van der Waals surface area contributed by atoms with Gasteiger partial charge >= 0.3 is 0 Å². The van der Waals surface area contributed by atoms with E-state index < -0.39 is 0 Å². The number of hydrogen-bond acceptors (Lipinski definition) is 0. The first-order valence-electron chi connectivity index (χ1n) is 14.9. The zero-order chi connectivity index (χ0) is 23.2. The van der Waals surface area contributed by atoms with E-state index in [1.807, 2.05) is 0 Å². The molecule has 0 bridgehead atoms. The van der Waals surface area contributed by atoms with Gasteiger partial charge in [0.1, 0.15) is 0 Å². The number of hydrogen-bond donors (Lipinski definition) is 0. The van der Waals surface area contributed by atoms with Crippen LogP contribution >= 0.6 is 0 Å². The Labute approximate surface area is 200 Å². The normalized spacial score (nSPS) is 15.7. The lowest BCUT2D eigenvalue weighted by atomic mass is 9.65. The van der Waals surface area contributed by atoms with E-state index in [1.165, 1.54) is 135 Å². The summed E-state index contributed by atoms with van der Waals surface area (Å²) in [4.78, 5) is 0. The van der Waals surface area contributed by atoms with Gasteiger partial charge in [-0.1, -0.05) is 157 Å². The molecule has 0 aliphatic carbocycles. The molecule has 0 aliphatic heterocycles. The molecular weight excluding hydrogens is 372 g/mol. The SMILES string of the molecule is [CH2]CCC(CCCCCCCCCCC)(CC(CC)CCCC)CC(CC)CCCC. The largest absolute Gasteiger partial charge is 0.0654 e. The molecule has 0 saturated carbocycles. The van der Waals surface area contributed by atoms with Crippen LogP contribution in [0.5, 0.6) is 0 Å². The molecule has 0 heteroatoms. The van der Waals surface area contributed by atoms with Crippen LogP contribution in [0.3, 0.4) is 0 Å². The van der Waals surface area contributed by atoms with Crippen LogP contribution in [-0.2, 0) is 0 Å². The monoisotopic (exact) mass is 435 g/mol. The van der Waals surface area contributed by atoms with Gasteiger partial charge in [-0.2, -0.15) is 0 Å². The first-order chi connectivity index (χ1) is 15.1. The minimum absolute atomic E-state index is 0.575. The lowest BCUT2D eigenvalue weighted by Gasteiger charge is -2.40. The molecule has 187 valence electrons. The van der Waals surface area contributed by atoms with E-state index in [4.69, 9.17) is 0 Å². The first-order valence-corrected chi connectivity index (χ1v) is 14.9.